The summed E-state index contributed by atoms with van der Waals surface area (Å²) in [5.41, 5.74) is -0.445. The number of thiol groups is 1. The summed E-state index contributed by atoms with van der Waals surface area (Å²) >= 11 is 3.97. The zero-order valence-corrected chi connectivity index (χ0v) is 11.8. The second-order valence-electron chi connectivity index (χ2n) is 4.86. The quantitative estimate of drug-likeness (QED) is 0.821. The first-order valence-electron chi connectivity index (χ1n) is 6.39. The Labute approximate surface area is 120 Å². The topological polar surface area (TPSA) is 46.9 Å². The van der Waals surface area contributed by atoms with Crippen molar-refractivity contribution in [1.82, 2.24) is 15.1 Å². The first kappa shape index (κ1) is 15.2. The van der Waals surface area contributed by atoms with E-state index in [9.17, 15) is 18.0 Å². The molecule has 112 valence electrons. The first-order chi connectivity index (χ1) is 9.34. The van der Waals surface area contributed by atoms with Crippen LogP contribution in [0.15, 0.2) is 6.07 Å². The van der Waals surface area contributed by atoms with Crippen molar-refractivity contribution < 1.29 is 18.0 Å². The molecule has 1 aliphatic rings. The number of aromatic nitrogens is 2. The fourth-order valence-electron chi connectivity index (χ4n) is 1.98. The summed E-state index contributed by atoms with van der Waals surface area (Å²) in [6, 6.07) is 0.293. The summed E-state index contributed by atoms with van der Waals surface area (Å²) in [6.07, 6.45) is -2.81. The van der Waals surface area contributed by atoms with E-state index in [0.717, 1.165) is 18.9 Å². The second kappa shape index (κ2) is 5.67. The zero-order valence-electron chi connectivity index (χ0n) is 10.9. The van der Waals surface area contributed by atoms with Crippen LogP contribution in [0.25, 0.3) is 0 Å². The number of nitrogens with one attached hydrogen (secondary N) is 1. The van der Waals surface area contributed by atoms with Crippen molar-refractivity contribution in [3.63, 3.8) is 0 Å². The van der Waals surface area contributed by atoms with Gasteiger partial charge in [0.05, 0.1) is 0 Å². The number of carbonyl (C=O) groups is 1. The molecule has 20 heavy (non-hydrogen) atoms. The molecule has 1 saturated carbocycles. The van der Waals surface area contributed by atoms with Gasteiger partial charge in [0.1, 0.15) is 6.04 Å². The number of amides is 1. The van der Waals surface area contributed by atoms with Crippen LogP contribution in [-0.2, 0) is 11.0 Å². The van der Waals surface area contributed by atoms with Gasteiger partial charge in [-0.2, -0.15) is 30.9 Å². The molecule has 4 nitrogen and oxygen atoms in total. The van der Waals surface area contributed by atoms with E-state index in [1.807, 2.05) is 0 Å². The number of alkyl halides is 3. The van der Waals surface area contributed by atoms with Gasteiger partial charge in [0.25, 0.3) is 0 Å². The van der Waals surface area contributed by atoms with E-state index in [1.165, 1.54) is 4.68 Å². The van der Waals surface area contributed by atoms with Gasteiger partial charge in [-0.3, -0.25) is 9.48 Å². The molecule has 1 unspecified atom stereocenters. The largest absolute Gasteiger partial charge is 0.435 e. The summed E-state index contributed by atoms with van der Waals surface area (Å²) in [7, 11) is 0. The average Bonchev–Trinajstić information content (AvgIpc) is 3.12. The van der Waals surface area contributed by atoms with Gasteiger partial charge in [-0.1, -0.05) is 0 Å². The van der Waals surface area contributed by atoms with Crippen LogP contribution in [0, 0.1) is 0 Å². The predicted octanol–water partition coefficient (Wildman–Crippen LogP) is 2.39. The number of rotatable bonds is 5. The molecule has 1 atom stereocenters. The molecule has 1 aromatic heterocycles. The molecule has 2 rings (SSSR count). The molecule has 0 radical (unpaired) electrons. The van der Waals surface area contributed by atoms with Gasteiger partial charge >= 0.3 is 6.18 Å². The molecular formula is C12H16F3N3OS. The summed E-state index contributed by atoms with van der Waals surface area (Å²) in [5.74, 6) is 0.206. The van der Waals surface area contributed by atoms with Crippen molar-refractivity contribution in [2.45, 2.75) is 37.9 Å². The summed E-state index contributed by atoms with van der Waals surface area (Å²) in [4.78, 5) is 11.9. The minimum absolute atomic E-state index is 0.0822. The van der Waals surface area contributed by atoms with E-state index in [-0.39, 0.29) is 11.8 Å². The van der Waals surface area contributed by atoms with E-state index < -0.39 is 17.9 Å². The number of hydrogen-bond donors (Lipinski definition) is 2. The van der Waals surface area contributed by atoms with Crippen LogP contribution in [0.3, 0.4) is 0 Å². The SMILES string of the molecule is CC(C(=O)NCCS)n1nc(C(F)(F)F)cc1C1CC1. The maximum absolute atomic E-state index is 12.7. The molecule has 0 saturated heterocycles. The molecule has 1 amide bonds. The van der Waals surface area contributed by atoms with Crippen LogP contribution in [0.1, 0.15) is 43.1 Å². The van der Waals surface area contributed by atoms with E-state index >= 15 is 0 Å². The molecule has 0 spiro atoms. The maximum atomic E-state index is 12.7. The molecule has 8 heteroatoms. The molecule has 1 fully saturated rings. The smallest absolute Gasteiger partial charge is 0.353 e. The zero-order chi connectivity index (χ0) is 14.9. The van der Waals surface area contributed by atoms with Crippen LogP contribution in [0.5, 0.6) is 0 Å². The number of nitrogens with zero attached hydrogens (tertiary/aromatic N) is 2. The summed E-state index contributed by atoms with van der Waals surface area (Å²) in [5, 5.41) is 6.19. The van der Waals surface area contributed by atoms with Crippen LogP contribution in [0.2, 0.25) is 0 Å². The van der Waals surface area contributed by atoms with Crippen molar-refractivity contribution in [3.8, 4) is 0 Å². The molecule has 1 aromatic rings. The van der Waals surface area contributed by atoms with Crippen LogP contribution in [0.4, 0.5) is 13.2 Å². The van der Waals surface area contributed by atoms with Crippen molar-refractivity contribution in [1.29, 1.82) is 0 Å². The Morgan fingerprint density at radius 1 is 1.60 bits per heavy atom. The van der Waals surface area contributed by atoms with E-state index in [4.69, 9.17) is 0 Å². The van der Waals surface area contributed by atoms with Crippen molar-refractivity contribution in [2.24, 2.45) is 0 Å². The van der Waals surface area contributed by atoms with E-state index in [1.54, 1.807) is 6.92 Å². The maximum Gasteiger partial charge on any atom is 0.435 e. The van der Waals surface area contributed by atoms with Crippen LogP contribution >= 0.6 is 12.6 Å². The first-order valence-corrected chi connectivity index (χ1v) is 7.03. The molecule has 0 bridgehead atoms. The highest BCUT2D eigenvalue weighted by Crippen LogP contribution is 2.42. The van der Waals surface area contributed by atoms with Crippen molar-refractivity contribution in [3.05, 3.63) is 17.5 Å². The van der Waals surface area contributed by atoms with E-state index in [0.29, 0.717) is 18.0 Å². The lowest BCUT2D eigenvalue weighted by molar-refractivity contribution is -0.142. The lowest BCUT2D eigenvalue weighted by Crippen LogP contribution is -2.33. The Morgan fingerprint density at radius 3 is 2.75 bits per heavy atom. The third-order valence-electron chi connectivity index (χ3n) is 3.21. The van der Waals surface area contributed by atoms with Gasteiger partial charge < -0.3 is 5.32 Å². The Hall–Kier alpha value is -1.18. The monoisotopic (exact) mass is 307 g/mol. The van der Waals surface area contributed by atoms with Gasteiger partial charge in [-0.15, -0.1) is 0 Å². The Balaban J connectivity index is 2.25. The molecule has 1 aliphatic carbocycles. The Kier molecular flexibility index (Phi) is 4.31. The van der Waals surface area contributed by atoms with Crippen molar-refractivity contribution >= 4 is 18.5 Å². The highest BCUT2D eigenvalue weighted by Gasteiger charge is 2.39. The normalized spacial score (nSPS) is 17.1. The summed E-state index contributed by atoms with van der Waals surface area (Å²) in [6.45, 7) is 1.92. The fourth-order valence-corrected chi connectivity index (χ4v) is 2.09. The van der Waals surface area contributed by atoms with Gasteiger partial charge in [-0.25, -0.2) is 0 Å². The van der Waals surface area contributed by atoms with Crippen LogP contribution < -0.4 is 5.32 Å². The Morgan fingerprint density at radius 2 is 2.25 bits per heavy atom. The van der Waals surface area contributed by atoms with E-state index in [2.05, 4.69) is 23.0 Å². The highest BCUT2D eigenvalue weighted by atomic mass is 32.1. The molecule has 0 aromatic carbocycles. The van der Waals surface area contributed by atoms with Gasteiger partial charge in [0.15, 0.2) is 5.69 Å². The Bertz CT molecular complexity index is 497. The fraction of sp³-hybridized carbons (Fsp3) is 0.667. The third-order valence-corrected chi connectivity index (χ3v) is 3.43. The lowest BCUT2D eigenvalue weighted by Gasteiger charge is -2.15. The van der Waals surface area contributed by atoms with Crippen molar-refractivity contribution in [2.75, 3.05) is 12.3 Å². The number of halogens is 3. The van der Waals surface area contributed by atoms with Gasteiger partial charge in [0.2, 0.25) is 5.91 Å². The standard InChI is InChI=1S/C12H16F3N3OS/c1-7(11(19)16-4-5-20)18-9(8-2-3-8)6-10(17-18)12(13,14)15/h6-8,20H,2-5H2,1H3,(H,16,19). The molecule has 0 aliphatic heterocycles. The van der Waals surface area contributed by atoms with Gasteiger partial charge in [-0.05, 0) is 25.8 Å². The molecule has 1 N–H and O–H groups in total. The third kappa shape index (κ3) is 3.28. The minimum atomic E-state index is -4.49. The number of carbonyl (C=O) groups excluding carboxylic acids is 1. The lowest BCUT2D eigenvalue weighted by atomic mass is 10.2. The highest BCUT2D eigenvalue weighted by molar-refractivity contribution is 7.80. The predicted molar refractivity (Wildman–Crippen MR) is 70.8 cm³/mol. The molecule has 1 heterocycles. The van der Waals surface area contributed by atoms with Crippen LogP contribution in [-0.4, -0.2) is 28.0 Å². The number of hydrogen-bond acceptors (Lipinski definition) is 3. The van der Waals surface area contributed by atoms with Gasteiger partial charge in [0, 0.05) is 23.9 Å². The average molecular weight is 307 g/mol. The summed E-state index contributed by atoms with van der Waals surface area (Å²) < 4.78 is 39.4. The molecular weight excluding hydrogens is 291 g/mol. The minimum Gasteiger partial charge on any atom is -0.353 e. The second-order valence-corrected chi connectivity index (χ2v) is 5.31.